The molecule has 0 unspecified atom stereocenters. The van der Waals surface area contributed by atoms with Crippen LogP contribution in [0.2, 0.25) is 0 Å². The fourth-order valence-corrected chi connectivity index (χ4v) is 6.59. The maximum absolute atomic E-state index is 14.2. The van der Waals surface area contributed by atoms with Crippen LogP contribution in [0, 0.1) is 13.8 Å². The Balaban J connectivity index is 1.10. The molecule has 2 aromatic carbocycles. The van der Waals surface area contributed by atoms with Gasteiger partial charge >= 0.3 is 6.18 Å². The van der Waals surface area contributed by atoms with Crippen LogP contribution in [0.3, 0.4) is 0 Å². The van der Waals surface area contributed by atoms with Crippen LogP contribution in [0.25, 0.3) is 0 Å². The van der Waals surface area contributed by atoms with Gasteiger partial charge in [0.05, 0.1) is 35.1 Å². The summed E-state index contributed by atoms with van der Waals surface area (Å²) in [5, 5.41) is 5.93. The Bertz CT molecular complexity index is 1920. The predicted octanol–water partition coefficient (Wildman–Crippen LogP) is 5.83. The number of piperazine rings is 1. The first-order chi connectivity index (χ1) is 23.4. The van der Waals surface area contributed by atoms with Crippen molar-refractivity contribution in [2.24, 2.45) is 0 Å². The molecule has 13 heteroatoms. The summed E-state index contributed by atoms with van der Waals surface area (Å²) in [6, 6.07) is 12.7. The second-order valence-electron chi connectivity index (χ2n) is 13.3. The van der Waals surface area contributed by atoms with E-state index >= 15 is 0 Å². The van der Waals surface area contributed by atoms with Crippen molar-refractivity contribution in [2.45, 2.75) is 51.4 Å². The average Bonchev–Trinajstić information content (AvgIpc) is 3.88. The van der Waals surface area contributed by atoms with Crippen LogP contribution in [0.4, 0.5) is 36.2 Å². The smallest absolute Gasteiger partial charge is 0.323 e. The highest BCUT2D eigenvalue weighted by atomic mass is 19.4. The lowest BCUT2D eigenvalue weighted by Crippen LogP contribution is -2.45. The molecule has 2 N–H and O–H groups in total. The maximum atomic E-state index is 14.2. The summed E-state index contributed by atoms with van der Waals surface area (Å²) >= 11 is 0. The quantitative estimate of drug-likeness (QED) is 0.253. The van der Waals surface area contributed by atoms with Crippen molar-refractivity contribution in [2.75, 3.05) is 48.8 Å². The summed E-state index contributed by atoms with van der Waals surface area (Å²) in [6.45, 7) is 7.10. The van der Waals surface area contributed by atoms with Crippen LogP contribution in [0.5, 0.6) is 0 Å². The molecule has 4 heterocycles. The van der Waals surface area contributed by atoms with Crippen molar-refractivity contribution in [1.82, 2.24) is 24.8 Å². The number of carbonyl (C=O) groups excluding carboxylic acids is 2. The lowest BCUT2D eigenvalue weighted by atomic mass is 9.91. The molecule has 4 aromatic rings. The van der Waals surface area contributed by atoms with Crippen LogP contribution in [0.15, 0.2) is 60.9 Å². The van der Waals surface area contributed by atoms with E-state index in [1.807, 2.05) is 37.9 Å². The molecule has 7 rings (SSSR count). The van der Waals surface area contributed by atoms with E-state index in [0.717, 1.165) is 41.7 Å². The number of pyridine rings is 1. The molecule has 1 spiro atoms. The van der Waals surface area contributed by atoms with Gasteiger partial charge in [-0.25, -0.2) is 9.97 Å². The first-order valence-electron chi connectivity index (χ1n) is 16.3. The van der Waals surface area contributed by atoms with Crippen LogP contribution >= 0.6 is 0 Å². The molecule has 2 amide bonds. The number of likely N-dealkylation sites (N-methyl/N-ethyl adjacent to an activating group) is 1. The molecule has 49 heavy (non-hydrogen) atoms. The molecule has 1 aliphatic carbocycles. The Morgan fingerprint density at radius 2 is 1.69 bits per heavy atom. The van der Waals surface area contributed by atoms with Crippen molar-refractivity contribution in [3.8, 4) is 0 Å². The van der Waals surface area contributed by atoms with Gasteiger partial charge in [0.2, 0.25) is 11.9 Å². The molecule has 10 nitrogen and oxygen atoms in total. The molecule has 1 saturated carbocycles. The number of hydrogen-bond acceptors (Lipinski definition) is 8. The van der Waals surface area contributed by atoms with Crippen molar-refractivity contribution in [1.29, 1.82) is 0 Å². The lowest BCUT2D eigenvalue weighted by molar-refractivity contribution is -0.138. The zero-order valence-corrected chi connectivity index (χ0v) is 27.6. The molecule has 2 aliphatic heterocycles. The van der Waals surface area contributed by atoms with E-state index in [4.69, 9.17) is 4.98 Å². The topological polar surface area (TPSA) is 107 Å². The third-order valence-corrected chi connectivity index (χ3v) is 9.64. The third kappa shape index (κ3) is 6.60. The van der Waals surface area contributed by atoms with Gasteiger partial charge in [-0.1, -0.05) is 12.1 Å². The standard InChI is InChI=1S/C36H37F3N8O2/c1-22-4-8-27(42-32(48)24-6-7-25(29(16-24)36(37,38)39)20-46-14-12-45(3)13-15-46)17-30(22)47-21-26-18-41-34(43-28-9-5-23(2)40-19-28)44-31(26)35(10-11-35)33(47)49/h4-9,16-19H,10-15,20-21H2,1-3H3,(H,42,48)(H,41,43,44). The average molecular weight is 671 g/mol. The van der Waals surface area contributed by atoms with Crippen LogP contribution in [0.1, 0.15) is 56.8 Å². The summed E-state index contributed by atoms with van der Waals surface area (Å²) in [7, 11) is 1.99. The number of benzene rings is 2. The fraction of sp³-hybridized carbons (Fsp3) is 0.361. The fourth-order valence-electron chi connectivity index (χ4n) is 6.59. The number of anilines is 4. The van der Waals surface area contributed by atoms with Gasteiger partial charge in [0.1, 0.15) is 0 Å². The molecular weight excluding hydrogens is 633 g/mol. The molecule has 3 aliphatic rings. The number of amides is 2. The van der Waals surface area contributed by atoms with Crippen molar-refractivity contribution in [3.05, 3.63) is 100 Å². The van der Waals surface area contributed by atoms with Crippen molar-refractivity contribution in [3.63, 3.8) is 0 Å². The number of nitrogens with zero attached hydrogens (tertiary/aromatic N) is 6. The number of halogens is 3. The normalized spacial score (nSPS) is 17.6. The highest BCUT2D eigenvalue weighted by Gasteiger charge is 2.58. The number of aromatic nitrogens is 3. The molecule has 0 radical (unpaired) electrons. The zero-order valence-electron chi connectivity index (χ0n) is 27.6. The maximum Gasteiger partial charge on any atom is 0.416 e. The van der Waals surface area contributed by atoms with Gasteiger partial charge < -0.3 is 20.4 Å². The van der Waals surface area contributed by atoms with E-state index in [1.165, 1.54) is 12.1 Å². The van der Waals surface area contributed by atoms with E-state index < -0.39 is 23.1 Å². The van der Waals surface area contributed by atoms with Crippen molar-refractivity contribution < 1.29 is 22.8 Å². The van der Waals surface area contributed by atoms with E-state index in [1.54, 1.807) is 35.5 Å². The first kappa shape index (κ1) is 32.7. The number of rotatable bonds is 7. The molecule has 0 bridgehead atoms. The number of fused-ring (bicyclic) bond motifs is 2. The molecule has 2 aromatic heterocycles. The third-order valence-electron chi connectivity index (χ3n) is 9.64. The van der Waals surface area contributed by atoms with Gasteiger partial charge in [-0.15, -0.1) is 0 Å². The summed E-state index contributed by atoms with van der Waals surface area (Å²) in [5.41, 5.74) is 3.42. The number of alkyl halides is 3. The molecule has 1 saturated heterocycles. The number of nitrogens with one attached hydrogen (secondary N) is 2. The van der Waals surface area contributed by atoms with Gasteiger partial charge in [-0.3, -0.25) is 19.5 Å². The summed E-state index contributed by atoms with van der Waals surface area (Å²) in [5.74, 6) is -0.365. The SMILES string of the molecule is Cc1ccc(Nc2ncc3c(n2)C2(CC2)C(=O)N(c2cc(NC(=O)c4ccc(CN5CCN(C)CC5)c(C(F)(F)F)c4)ccc2C)C3)cn1. The minimum absolute atomic E-state index is 0.0843. The second kappa shape index (κ2) is 12.5. The van der Waals surface area contributed by atoms with Gasteiger partial charge in [-0.05, 0) is 81.3 Å². The van der Waals surface area contributed by atoms with E-state index in [0.29, 0.717) is 48.9 Å². The van der Waals surface area contributed by atoms with Gasteiger partial charge in [0.15, 0.2) is 0 Å². The van der Waals surface area contributed by atoms with Crippen LogP contribution in [-0.2, 0) is 29.5 Å². The predicted molar refractivity (Wildman–Crippen MR) is 180 cm³/mol. The molecule has 2 fully saturated rings. The Hall–Kier alpha value is -4.88. The summed E-state index contributed by atoms with van der Waals surface area (Å²) in [4.78, 5) is 46.8. The lowest BCUT2D eigenvalue weighted by Gasteiger charge is -2.34. The molecule has 0 atom stereocenters. The van der Waals surface area contributed by atoms with Crippen LogP contribution < -0.4 is 15.5 Å². The Morgan fingerprint density at radius 1 is 0.939 bits per heavy atom. The van der Waals surface area contributed by atoms with Crippen LogP contribution in [-0.4, -0.2) is 69.8 Å². The Labute approximate surface area is 282 Å². The first-order valence-corrected chi connectivity index (χ1v) is 16.3. The second-order valence-corrected chi connectivity index (χ2v) is 13.3. The zero-order chi connectivity index (χ0) is 34.5. The number of aryl methyl sites for hydroxylation is 2. The van der Waals surface area contributed by atoms with E-state index in [2.05, 4.69) is 25.5 Å². The van der Waals surface area contributed by atoms with E-state index in [9.17, 15) is 22.8 Å². The highest BCUT2D eigenvalue weighted by Crippen LogP contribution is 2.53. The van der Waals surface area contributed by atoms with Gasteiger partial charge in [-0.2, -0.15) is 13.2 Å². The number of hydrogen-bond donors (Lipinski definition) is 2. The van der Waals surface area contributed by atoms with Gasteiger partial charge in [0, 0.05) is 67.1 Å². The summed E-state index contributed by atoms with van der Waals surface area (Å²) in [6.07, 6.45) is 0.126. The summed E-state index contributed by atoms with van der Waals surface area (Å²) < 4.78 is 42.5. The number of carbonyl (C=O) groups is 2. The monoisotopic (exact) mass is 670 g/mol. The minimum atomic E-state index is -4.61. The molecular formula is C36H37F3N8O2. The van der Waals surface area contributed by atoms with E-state index in [-0.39, 0.29) is 30.1 Å². The highest BCUT2D eigenvalue weighted by molar-refractivity contribution is 6.07. The minimum Gasteiger partial charge on any atom is -0.323 e. The largest absolute Gasteiger partial charge is 0.416 e. The molecule has 254 valence electrons. The Morgan fingerprint density at radius 3 is 2.39 bits per heavy atom. The Kier molecular flexibility index (Phi) is 8.35. The van der Waals surface area contributed by atoms with Crippen molar-refractivity contribution >= 4 is 34.8 Å². The van der Waals surface area contributed by atoms with Gasteiger partial charge in [0.25, 0.3) is 5.91 Å².